The van der Waals surface area contributed by atoms with E-state index in [1.165, 1.54) is 61.6 Å². The molecule has 0 heteroatoms. The second kappa shape index (κ2) is 7.72. The summed E-state index contributed by atoms with van der Waals surface area (Å²) in [6.07, 6.45) is 9.54. The molecule has 0 atom stereocenters. The summed E-state index contributed by atoms with van der Waals surface area (Å²) >= 11 is 0. The van der Waals surface area contributed by atoms with Gasteiger partial charge in [0.1, 0.15) is 0 Å². The summed E-state index contributed by atoms with van der Waals surface area (Å²) in [4.78, 5) is 0. The van der Waals surface area contributed by atoms with Crippen LogP contribution in [0.15, 0.2) is 18.2 Å². The maximum atomic E-state index is 2.42. The monoisotopic (exact) mass is 260 g/mol. The van der Waals surface area contributed by atoms with E-state index in [-0.39, 0.29) is 5.41 Å². The van der Waals surface area contributed by atoms with Gasteiger partial charge in [-0.3, -0.25) is 0 Å². The van der Waals surface area contributed by atoms with Gasteiger partial charge in [0, 0.05) is 0 Å². The van der Waals surface area contributed by atoms with Crippen LogP contribution < -0.4 is 0 Å². The summed E-state index contributed by atoms with van der Waals surface area (Å²) in [6, 6.07) is 7.12. The molecule has 0 fully saturated rings. The maximum Gasteiger partial charge on any atom is -0.0132 e. The lowest BCUT2D eigenvalue weighted by Gasteiger charge is -2.21. The van der Waals surface area contributed by atoms with Crippen LogP contribution in [0.1, 0.15) is 82.9 Å². The molecule has 1 aromatic carbocycles. The molecule has 0 saturated heterocycles. The van der Waals surface area contributed by atoms with Crippen LogP contribution in [0.2, 0.25) is 0 Å². The summed E-state index contributed by atoms with van der Waals surface area (Å²) in [7, 11) is 0. The first-order valence-corrected chi connectivity index (χ1v) is 8.04. The highest BCUT2D eigenvalue weighted by molar-refractivity contribution is 5.33. The number of hydrogen-bond acceptors (Lipinski definition) is 0. The average molecular weight is 260 g/mol. The van der Waals surface area contributed by atoms with E-state index in [4.69, 9.17) is 0 Å². The number of unbranched alkanes of at least 4 members (excludes halogenated alkanes) is 5. The molecule has 0 aliphatic rings. The molecule has 1 rings (SSSR count). The molecule has 0 N–H and O–H groups in total. The van der Waals surface area contributed by atoms with E-state index in [1.54, 1.807) is 0 Å². The number of hydrogen-bond donors (Lipinski definition) is 0. The lowest BCUT2D eigenvalue weighted by atomic mass is 9.84. The number of rotatable bonds is 7. The molecular weight excluding hydrogens is 228 g/mol. The van der Waals surface area contributed by atoms with E-state index in [0.29, 0.717) is 0 Å². The molecule has 0 aromatic heterocycles. The minimum Gasteiger partial charge on any atom is -0.0654 e. The van der Waals surface area contributed by atoms with Gasteiger partial charge in [0.15, 0.2) is 0 Å². The molecule has 0 amide bonds. The van der Waals surface area contributed by atoms with Crippen LogP contribution in [0.3, 0.4) is 0 Å². The standard InChI is InChI=1S/C19H32/c1-6-7-8-9-10-11-12-17-13-16(2)14-18(15-17)19(3,4)5/h13-15H,6-12H2,1-5H3. The average Bonchev–Trinajstić information content (AvgIpc) is 2.32. The second-order valence-electron chi connectivity index (χ2n) is 6.98. The maximum absolute atomic E-state index is 2.42. The summed E-state index contributed by atoms with van der Waals surface area (Å²) in [6.45, 7) is 11.4. The molecule has 0 aliphatic heterocycles. The fraction of sp³-hybridized carbons (Fsp3) is 0.684. The first kappa shape index (κ1) is 16.3. The van der Waals surface area contributed by atoms with Crippen molar-refractivity contribution in [1.82, 2.24) is 0 Å². The largest absolute Gasteiger partial charge is 0.0654 e. The van der Waals surface area contributed by atoms with Gasteiger partial charge in [0.2, 0.25) is 0 Å². The van der Waals surface area contributed by atoms with E-state index in [9.17, 15) is 0 Å². The fourth-order valence-electron chi connectivity index (χ4n) is 2.55. The van der Waals surface area contributed by atoms with Crippen molar-refractivity contribution in [2.45, 2.75) is 85.0 Å². The Morgan fingerprint density at radius 2 is 1.47 bits per heavy atom. The third-order valence-electron chi connectivity index (χ3n) is 3.82. The van der Waals surface area contributed by atoms with Crippen molar-refractivity contribution in [3.63, 3.8) is 0 Å². The Morgan fingerprint density at radius 3 is 2.11 bits per heavy atom. The van der Waals surface area contributed by atoms with E-state index < -0.39 is 0 Å². The van der Waals surface area contributed by atoms with Crippen LogP contribution in [0, 0.1) is 6.92 Å². The Morgan fingerprint density at radius 1 is 0.842 bits per heavy atom. The smallest absolute Gasteiger partial charge is 0.0132 e. The van der Waals surface area contributed by atoms with Gasteiger partial charge < -0.3 is 0 Å². The summed E-state index contributed by atoms with van der Waals surface area (Å²) in [5.74, 6) is 0. The molecule has 0 heterocycles. The van der Waals surface area contributed by atoms with Crippen molar-refractivity contribution in [2.24, 2.45) is 0 Å². The zero-order valence-corrected chi connectivity index (χ0v) is 13.7. The molecule has 0 bridgehead atoms. The Kier molecular flexibility index (Phi) is 6.62. The molecule has 0 radical (unpaired) electrons. The third kappa shape index (κ3) is 6.27. The lowest BCUT2D eigenvalue weighted by Crippen LogP contribution is -2.11. The quantitative estimate of drug-likeness (QED) is 0.512. The van der Waals surface area contributed by atoms with E-state index >= 15 is 0 Å². The summed E-state index contributed by atoms with van der Waals surface area (Å²) in [5.41, 5.74) is 4.68. The topological polar surface area (TPSA) is 0 Å². The number of benzene rings is 1. The summed E-state index contributed by atoms with van der Waals surface area (Å²) in [5, 5.41) is 0. The van der Waals surface area contributed by atoms with Gasteiger partial charge in [-0.25, -0.2) is 0 Å². The minimum absolute atomic E-state index is 0.266. The molecule has 0 nitrogen and oxygen atoms in total. The van der Waals surface area contributed by atoms with Gasteiger partial charge >= 0.3 is 0 Å². The number of aryl methyl sites for hydroxylation is 2. The zero-order chi connectivity index (χ0) is 14.3. The van der Waals surface area contributed by atoms with Crippen LogP contribution in [-0.4, -0.2) is 0 Å². The fourth-order valence-corrected chi connectivity index (χ4v) is 2.55. The molecule has 19 heavy (non-hydrogen) atoms. The highest BCUT2D eigenvalue weighted by atomic mass is 14.2. The SMILES string of the molecule is CCCCCCCCc1cc(C)cc(C(C)(C)C)c1. The van der Waals surface area contributed by atoms with Crippen molar-refractivity contribution >= 4 is 0 Å². The van der Waals surface area contributed by atoms with Gasteiger partial charge in [-0.2, -0.15) is 0 Å². The molecule has 0 spiro atoms. The van der Waals surface area contributed by atoms with Crippen molar-refractivity contribution in [2.75, 3.05) is 0 Å². The predicted octanol–water partition coefficient (Wildman–Crippen LogP) is 6.20. The highest BCUT2D eigenvalue weighted by Crippen LogP contribution is 2.25. The molecule has 0 saturated carbocycles. The van der Waals surface area contributed by atoms with Crippen molar-refractivity contribution in [3.8, 4) is 0 Å². The Balaban J connectivity index is 2.48. The third-order valence-corrected chi connectivity index (χ3v) is 3.82. The van der Waals surface area contributed by atoms with E-state index in [2.05, 4.69) is 52.8 Å². The molecule has 108 valence electrons. The van der Waals surface area contributed by atoms with Gasteiger partial charge in [-0.05, 0) is 36.3 Å². The molecule has 1 aromatic rings. The van der Waals surface area contributed by atoms with Crippen molar-refractivity contribution < 1.29 is 0 Å². The minimum atomic E-state index is 0.266. The Hall–Kier alpha value is -0.780. The second-order valence-corrected chi connectivity index (χ2v) is 6.98. The van der Waals surface area contributed by atoms with E-state index in [1.807, 2.05) is 0 Å². The Labute approximate surface area is 120 Å². The van der Waals surface area contributed by atoms with Crippen LogP contribution in [0.25, 0.3) is 0 Å². The van der Waals surface area contributed by atoms with Crippen LogP contribution in [0.4, 0.5) is 0 Å². The first-order chi connectivity index (χ1) is 8.93. The highest BCUT2D eigenvalue weighted by Gasteiger charge is 2.14. The van der Waals surface area contributed by atoms with Gasteiger partial charge in [-0.1, -0.05) is 83.6 Å². The van der Waals surface area contributed by atoms with E-state index in [0.717, 1.165) is 0 Å². The first-order valence-electron chi connectivity index (χ1n) is 8.04. The van der Waals surface area contributed by atoms with Crippen LogP contribution in [-0.2, 0) is 11.8 Å². The van der Waals surface area contributed by atoms with Crippen LogP contribution in [0.5, 0.6) is 0 Å². The normalized spacial score (nSPS) is 11.8. The zero-order valence-electron chi connectivity index (χ0n) is 13.7. The molecule has 0 unspecified atom stereocenters. The van der Waals surface area contributed by atoms with Gasteiger partial charge in [0.25, 0.3) is 0 Å². The van der Waals surface area contributed by atoms with Crippen LogP contribution >= 0.6 is 0 Å². The molecule has 0 aliphatic carbocycles. The van der Waals surface area contributed by atoms with Crippen molar-refractivity contribution in [1.29, 1.82) is 0 Å². The Bertz CT molecular complexity index is 368. The summed E-state index contributed by atoms with van der Waals surface area (Å²) < 4.78 is 0. The molecular formula is C19H32. The van der Waals surface area contributed by atoms with Gasteiger partial charge in [0.05, 0.1) is 0 Å². The predicted molar refractivity (Wildman–Crippen MR) is 87.0 cm³/mol. The van der Waals surface area contributed by atoms with Gasteiger partial charge in [-0.15, -0.1) is 0 Å². The van der Waals surface area contributed by atoms with Crippen molar-refractivity contribution in [3.05, 3.63) is 34.9 Å². The lowest BCUT2D eigenvalue weighted by molar-refractivity contribution is 0.586.